The summed E-state index contributed by atoms with van der Waals surface area (Å²) in [5.41, 5.74) is 2.18. The first-order valence-electron chi connectivity index (χ1n) is 8.24. The number of Topliss-reactive ketones (excluding diaryl/α,β-unsaturated/α-hetero) is 1. The summed E-state index contributed by atoms with van der Waals surface area (Å²) in [4.78, 5) is 29.6. The van der Waals surface area contributed by atoms with Gasteiger partial charge in [-0.1, -0.05) is 32.9 Å². The highest BCUT2D eigenvalue weighted by atomic mass is 16.7. The molecule has 0 saturated heterocycles. The number of hydrogen-bond acceptors (Lipinski definition) is 5. The Morgan fingerprint density at radius 3 is 1.92 bits per heavy atom. The van der Waals surface area contributed by atoms with Crippen molar-refractivity contribution in [2.45, 2.75) is 27.7 Å². The molecule has 0 aromatic heterocycles. The summed E-state index contributed by atoms with van der Waals surface area (Å²) in [7, 11) is 1.56. The molecular weight excluding hydrogens is 318 g/mol. The molecular formula is C20H23NO4. The summed E-state index contributed by atoms with van der Waals surface area (Å²) >= 11 is 0. The van der Waals surface area contributed by atoms with Crippen LogP contribution in [0.4, 0.5) is 0 Å². The maximum absolute atomic E-state index is 12.5. The lowest BCUT2D eigenvalue weighted by molar-refractivity contribution is -0.113. The largest absolute Gasteiger partial charge is 0.497 e. The minimum Gasteiger partial charge on any atom is -0.497 e. The second-order valence-electron chi connectivity index (χ2n) is 6.46. The van der Waals surface area contributed by atoms with Crippen molar-refractivity contribution in [3.8, 4) is 5.75 Å². The Morgan fingerprint density at radius 2 is 1.48 bits per heavy atom. The molecule has 0 N–H and O–H groups in total. The normalized spacial score (nSPS) is 14.4. The molecule has 0 heterocycles. The molecule has 0 aliphatic heterocycles. The van der Waals surface area contributed by atoms with Gasteiger partial charge in [0.2, 0.25) is 0 Å². The molecule has 0 unspecified atom stereocenters. The second-order valence-corrected chi connectivity index (χ2v) is 6.46. The number of methoxy groups -OCH3 is 1. The highest BCUT2D eigenvalue weighted by molar-refractivity contribution is 6.22. The maximum Gasteiger partial charge on any atom is 0.365 e. The lowest BCUT2D eigenvalue weighted by Gasteiger charge is -2.19. The zero-order chi connectivity index (χ0) is 18.6. The molecule has 0 fully saturated rings. The zero-order valence-electron chi connectivity index (χ0n) is 15.2. The summed E-state index contributed by atoms with van der Waals surface area (Å²) in [6, 6.07) is 6.57. The molecule has 1 aromatic carbocycles. The van der Waals surface area contributed by atoms with Gasteiger partial charge in [0.25, 0.3) is 0 Å². The van der Waals surface area contributed by atoms with Gasteiger partial charge in [-0.2, -0.15) is 0 Å². The van der Waals surface area contributed by atoms with Gasteiger partial charge < -0.3 is 9.57 Å². The molecule has 25 heavy (non-hydrogen) atoms. The molecule has 0 saturated carbocycles. The SMILES string of the molecule is COc1ccc(C(=O)ON=C2C=C(C(C)C)C(=O)C(C(C)C)=C2)cc1. The minimum atomic E-state index is -0.564. The van der Waals surface area contributed by atoms with Gasteiger partial charge >= 0.3 is 5.97 Å². The topological polar surface area (TPSA) is 65.0 Å². The van der Waals surface area contributed by atoms with Crippen LogP contribution in [0.2, 0.25) is 0 Å². The fourth-order valence-electron chi connectivity index (χ4n) is 2.44. The van der Waals surface area contributed by atoms with E-state index in [1.165, 1.54) is 0 Å². The molecule has 1 aliphatic rings. The quantitative estimate of drug-likeness (QED) is 0.462. The van der Waals surface area contributed by atoms with Crippen LogP contribution in [0.25, 0.3) is 0 Å². The monoisotopic (exact) mass is 341 g/mol. The van der Waals surface area contributed by atoms with Crippen molar-refractivity contribution in [1.82, 2.24) is 0 Å². The lowest BCUT2D eigenvalue weighted by Crippen LogP contribution is -2.21. The summed E-state index contributed by atoms with van der Waals surface area (Å²) in [6.45, 7) is 7.81. The van der Waals surface area contributed by atoms with E-state index in [4.69, 9.17) is 9.57 Å². The first-order chi connectivity index (χ1) is 11.8. The third-order valence-electron chi connectivity index (χ3n) is 3.93. The number of ether oxygens (including phenoxy) is 1. The average Bonchev–Trinajstić information content (AvgIpc) is 2.60. The van der Waals surface area contributed by atoms with Gasteiger partial charge in [-0.15, -0.1) is 0 Å². The van der Waals surface area contributed by atoms with Gasteiger partial charge in [0.15, 0.2) is 5.78 Å². The van der Waals surface area contributed by atoms with Crippen molar-refractivity contribution in [3.05, 3.63) is 53.1 Å². The van der Waals surface area contributed by atoms with Crippen LogP contribution in [-0.4, -0.2) is 24.6 Å². The highest BCUT2D eigenvalue weighted by Gasteiger charge is 2.25. The lowest BCUT2D eigenvalue weighted by atomic mass is 9.84. The number of oxime groups is 1. The van der Waals surface area contributed by atoms with E-state index in [2.05, 4.69) is 5.16 Å². The zero-order valence-corrected chi connectivity index (χ0v) is 15.2. The van der Waals surface area contributed by atoms with E-state index in [9.17, 15) is 9.59 Å². The Morgan fingerprint density at radius 1 is 0.960 bits per heavy atom. The number of hydrogen-bond donors (Lipinski definition) is 0. The maximum atomic E-state index is 12.5. The third kappa shape index (κ3) is 4.44. The molecule has 0 amide bonds. The van der Waals surface area contributed by atoms with Crippen molar-refractivity contribution in [2.75, 3.05) is 7.11 Å². The van der Waals surface area contributed by atoms with E-state index in [1.807, 2.05) is 27.7 Å². The van der Waals surface area contributed by atoms with Gasteiger partial charge in [0, 0.05) is 11.1 Å². The number of carbonyl (C=O) groups excluding carboxylic acids is 2. The van der Waals surface area contributed by atoms with Crippen LogP contribution in [0.15, 0.2) is 52.7 Å². The van der Waals surface area contributed by atoms with Crippen LogP contribution in [0.3, 0.4) is 0 Å². The Labute approximate surface area is 148 Å². The van der Waals surface area contributed by atoms with E-state index >= 15 is 0 Å². The Bertz CT molecular complexity index is 722. The Balaban J connectivity index is 2.22. The number of benzene rings is 1. The Kier molecular flexibility index (Phi) is 5.91. The molecule has 5 heteroatoms. The summed E-state index contributed by atoms with van der Waals surface area (Å²) in [5.74, 6) is 0.258. The van der Waals surface area contributed by atoms with Crippen molar-refractivity contribution in [2.24, 2.45) is 17.0 Å². The predicted molar refractivity (Wildman–Crippen MR) is 96.7 cm³/mol. The summed E-state index contributed by atoms with van der Waals surface area (Å²) in [6.07, 6.45) is 3.36. The smallest absolute Gasteiger partial charge is 0.365 e. The van der Waals surface area contributed by atoms with Gasteiger partial charge in [-0.3, -0.25) is 4.79 Å². The van der Waals surface area contributed by atoms with E-state index in [0.717, 1.165) is 0 Å². The minimum absolute atomic E-state index is 0.0328. The highest BCUT2D eigenvalue weighted by Crippen LogP contribution is 2.25. The van der Waals surface area contributed by atoms with Gasteiger partial charge in [0.1, 0.15) is 11.5 Å². The van der Waals surface area contributed by atoms with Crippen molar-refractivity contribution in [3.63, 3.8) is 0 Å². The molecule has 0 bridgehead atoms. The van der Waals surface area contributed by atoms with Crippen LogP contribution >= 0.6 is 0 Å². The standard InChI is InChI=1S/C20H23NO4/c1-12(2)17-10-15(11-18(13(3)4)19(17)22)21-25-20(23)14-6-8-16(24-5)9-7-14/h6-13H,1-5H3. The number of rotatable bonds is 5. The molecule has 132 valence electrons. The first kappa shape index (κ1) is 18.6. The third-order valence-corrected chi connectivity index (χ3v) is 3.93. The van der Waals surface area contributed by atoms with Gasteiger partial charge in [-0.25, -0.2) is 4.79 Å². The second kappa shape index (κ2) is 7.92. The summed E-state index contributed by atoms with van der Waals surface area (Å²) in [5, 5.41) is 3.93. The molecule has 0 atom stereocenters. The van der Waals surface area contributed by atoms with E-state index in [1.54, 1.807) is 43.5 Å². The van der Waals surface area contributed by atoms with Crippen LogP contribution in [0.5, 0.6) is 5.75 Å². The van der Waals surface area contributed by atoms with Crippen LogP contribution in [0.1, 0.15) is 38.1 Å². The number of nitrogens with zero attached hydrogens (tertiary/aromatic N) is 1. The number of allylic oxidation sites excluding steroid dienone is 4. The fraction of sp³-hybridized carbons (Fsp3) is 0.350. The average molecular weight is 341 g/mol. The molecule has 1 aliphatic carbocycles. The number of ketones is 1. The van der Waals surface area contributed by atoms with Gasteiger partial charge in [0.05, 0.1) is 12.7 Å². The molecule has 1 aromatic rings. The molecule has 2 rings (SSSR count). The van der Waals surface area contributed by atoms with Crippen molar-refractivity contribution < 1.29 is 19.2 Å². The summed E-state index contributed by atoms with van der Waals surface area (Å²) < 4.78 is 5.06. The van der Waals surface area contributed by atoms with Crippen LogP contribution < -0.4 is 4.74 Å². The molecule has 5 nitrogen and oxygen atoms in total. The molecule has 0 spiro atoms. The predicted octanol–water partition coefficient (Wildman–Crippen LogP) is 3.96. The Hall–Kier alpha value is -2.69. The van der Waals surface area contributed by atoms with E-state index in [-0.39, 0.29) is 17.6 Å². The first-order valence-corrected chi connectivity index (χ1v) is 8.24. The fourth-order valence-corrected chi connectivity index (χ4v) is 2.44. The molecule has 0 radical (unpaired) electrons. The number of carbonyl (C=O) groups is 2. The van der Waals surface area contributed by atoms with Crippen molar-refractivity contribution >= 4 is 17.5 Å². The van der Waals surface area contributed by atoms with Crippen molar-refractivity contribution in [1.29, 1.82) is 0 Å². The van der Waals surface area contributed by atoms with Crippen LogP contribution in [-0.2, 0) is 9.63 Å². The van der Waals surface area contributed by atoms with E-state index in [0.29, 0.717) is 28.2 Å². The van der Waals surface area contributed by atoms with Crippen LogP contribution in [0, 0.1) is 11.8 Å². The van der Waals surface area contributed by atoms with E-state index < -0.39 is 5.97 Å². The van der Waals surface area contributed by atoms with Gasteiger partial charge in [-0.05, 0) is 48.3 Å².